The lowest BCUT2D eigenvalue weighted by molar-refractivity contribution is 0.0697. The summed E-state index contributed by atoms with van der Waals surface area (Å²) in [6.07, 6.45) is 3.38. The predicted octanol–water partition coefficient (Wildman–Crippen LogP) is 2.79. The van der Waals surface area contributed by atoms with Crippen LogP contribution < -0.4 is 5.32 Å². The van der Waals surface area contributed by atoms with E-state index in [0.717, 1.165) is 22.4 Å². The number of carbonyl (C=O) groups is 1. The van der Waals surface area contributed by atoms with Crippen LogP contribution in [-0.4, -0.2) is 31.0 Å². The molecule has 0 bridgehead atoms. The number of benzene rings is 1. The second-order valence-corrected chi connectivity index (χ2v) is 5.99. The average molecular weight is 284 g/mol. The minimum Gasteiger partial charge on any atom is -0.478 e. The van der Waals surface area contributed by atoms with Crippen molar-refractivity contribution < 1.29 is 9.90 Å². The summed E-state index contributed by atoms with van der Waals surface area (Å²) in [5, 5.41) is 12.5. The average Bonchev–Trinajstić information content (AvgIpc) is 2.86. The largest absolute Gasteiger partial charge is 0.478 e. The Morgan fingerprint density at radius 2 is 2.05 bits per heavy atom. The van der Waals surface area contributed by atoms with Crippen molar-refractivity contribution in [1.82, 2.24) is 14.4 Å². The molecule has 1 aromatic carbocycles. The number of rotatable bonds is 2. The SMILES string of the molecule is CC(C)(C)Nc1nc2ccc(C(=O)O)cc2n2cncc12. The number of carboxylic acids is 1. The van der Waals surface area contributed by atoms with Gasteiger partial charge in [-0.2, -0.15) is 0 Å². The summed E-state index contributed by atoms with van der Waals surface area (Å²) in [6, 6.07) is 4.88. The highest BCUT2D eigenvalue weighted by Gasteiger charge is 2.16. The van der Waals surface area contributed by atoms with Gasteiger partial charge in [-0.05, 0) is 39.0 Å². The molecule has 0 saturated heterocycles. The van der Waals surface area contributed by atoms with Gasteiger partial charge in [0.2, 0.25) is 0 Å². The second-order valence-electron chi connectivity index (χ2n) is 5.99. The Bertz CT molecular complexity index is 846. The van der Waals surface area contributed by atoms with Gasteiger partial charge in [-0.3, -0.25) is 4.40 Å². The van der Waals surface area contributed by atoms with Crippen molar-refractivity contribution in [3.8, 4) is 0 Å². The van der Waals surface area contributed by atoms with Crippen LogP contribution in [0.1, 0.15) is 31.1 Å². The van der Waals surface area contributed by atoms with Crippen LogP contribution in [0.5, 0.6) is 0 Å². The summed E-state index contributed by atoms with van der Waals surface area (Å²) in [4.78, 5) is 19.9. The van der Waals surface area contributed by atoms with Crippen molar-refractivity contribution in [2.45, 2.75) is 26.3 Å². The number of nitrogens with zero attached hydrogens (tertiary/aromatic N) is 3. The van der Waals surface area contributed by atoms with E-state index < -0.39 is 5.97 Å². The molecule has 0 saturated carbocycles. The molecule has 0 radical (unpaired) electrons. The second kappa shape index (κ2) is 4.44. The van der Waals surface area contributed by atoms with Gasteiger partial charge in [0.15, 0.2) is 5.82 Å². The fourth-order valence-corrected chi connectivity index (χ4v) is 2.23. The number of imidazole rings is 1. The van der Waals surface area contributed by atoms with Gasteiger partial charge in [-0.25, -0.2) is 14.8 Å². The smallest absolute Gasteiger partial charge is 0.335 e. The fourth-order valence-electron chi connectivity index (χ4n) is 2.23. The van der Waals surface area contributed by atoms with Gasteiger partial charge >= 0.3 is 5.97 Å². The summed E-state index contributed by atoms with van der Waals surface area (Å²) in [5.41, 5.74) is 2.36. The third kappa shape index (κ3) is 2.40. The standard InChI is InChI=1S/C15H16N4O2/c1-15(2,3)18-13-12-7-16-8-19(12)11-6-9(14(20)21)4-5-10(11)17-13/h4-8H,1-3H3,(H,17,18)(H,20,21). The topological polar surface area (TPSA) is 79.5 Å². The zero-order valence-corrected chi connectivity index (χ0v) is 12.1. The van der Waals surface area contributed by atoms with Gasteiger partial charge < -0.3 is 10.4 Å². The van der Waals surface area contributed by atoms with Gasteiger partial charge in [-0.15, -0.1) is 0 Å². The maximum atomic E-state index is 11.1. The first-order valence-corrected chi connectivity index (χ1v) is 6.62. The Balaban J connectivity index is 2.30. The molecule has 21 heavy (non-hydrogen) atoms. The molecule has 6 heteroatoms. The molecule has 0 fully saturated rings. The normalized spacial score (nSPS) is 12.0. The molecule has 0 atom stereocenters. The molecule has 2 heterocycles. The lowest BCUT2D eigenvalue weighted by atomic mass is 10.1. The molecule has 0 aliphatic carbocycles. The van der Waals surface area contributed by atoms with Crippen LogP contribution in [0.15, 0.2) is 30.7 Å². The van der Waals surface area contributed by atoms with E-state index in [4.69, 9.17) is 5.11 Å². The molecule has 0 aliphatic rings. The van der Waals surface area contributed by atoms with Crippen LogP contribution in [0, 0.1) is 0 Å². The Morgan fingerprint density at radius 1 is 1.29 bits per heavy atom. The van der Waals surface area contributed by atoms with E-state index >= 15 is 0 Å². The van der Waals surface area contributed by atoms with E-state index in [1.165, 1.54) is 0 Å². The summed E-state index contributed by atoms with van der Waals surface area (Å²) in [6.45, 7) is 6.16. The molecular weight excluding hydrogens is 268 g/mol. The molecule has 2 N–H and O–H groups in total. The van der Waals surface area contributed by atoms with E-state index in [9.17, 15) is 4.79 Å². The van der Waals surface area contributed by atoms with Crippen LogP contribution in [-0.2, 0) is 0 Å². The van der Waals surface area contributed by atoms with E-state index in [1.54, 1.807) is 30.7 Å². The molecule has 3 aromatic rings. The van der Waals surface area contributed by atoms with E-state index in [-0.39, 0.29) is 11.1 Å². The summed E-state index contributed by atoms with van der Waals surface area (Å²) in [5.74, 6) is -0.224. The van der Waals surface area contributed by atoms with Crippen molar-refractivity contribution in [3.05, 3.63) is 36.3 Å². The van der Waals surface area contributed by atoms with Crippen molar-refractivity contribution >= 4 is 28.3 Å². The predicted molar refractivity (Wildman–Crippen MR) is 80.8 cm³/mol. The van der Waals surface area contributed by atoms with Crippen LogP contribution in [0.25, 0.3) is 16.6 Å². The highest BCUT2D eigenvalue weighted by molar-refractivity contribution is 5.94. The highest BCUT2D eigenvalue weighted by atomic mass is 16.4. The summed E-state index contributed by atoms with van der Waals surface area (Å²) < 4.78 is 1.85. The van der Waals surface area contributed by atoms with Gasteiger partial charge in [0.05, 0.1) is 29.1 Å². The maximum absolute atomic E-state index is 11.1. The van der Waals surface area contributed by atoms with Gasteiger partial charge in [0, 0.05) is 5.54 Å². The minimum absolute atomic E-state index is 0.132. The van der Waals surface area contributed by atoms with Gasteiger partial charge in [-0.1, -0.05) is 0 Å². The number of hydrogen-bond acceptors (Lipinski definition) is 4. The van der Waals surface area contributed by atoms with E-state index in [1.807, 2.05) is 4.40 Å². The number of aromatic carboxylic acids is 1. The van der Waals surface area contributed by atoms with Crippen LogP contribution in [0.2, 0.25) is 0 Å². The van der Waals surface area contributed by atoms with E-state index in [2.05, 4.69) is 36.1 Å². The molecule has 6 nitrogen and oxygen atoms in total. The fraction of sp³-hybridized carbons (Fsp3) is 0.267. The Labute approximate surface area is 121 Å². The van der Waals surface area contributed by atoms with Crippen LogP contribution >= 0.6 is 0 Å². The third-order valence-corrected chi connectivity index (χ3v) is 3.09. The number of hydrogen-bond donors (Lipinski definition) is 2. The number of fused-ring (bicyclic) bond motifs is 3. The first-order chi connectivity index (χ1) is 9.85. The monoisotopic (exact) mass is 284 g/mol. The Morgan fingerprint density at radius 3 is 2.71 bits per heavy atom. The minimum atomic E-state index is -0.956. The number of anilines is 1. The first-order valence-electron chi connectivity index (χ1n) is 6.62. The lowest BCUT2D eigenvalue weighted by Crippen LogP contribution is -2.27. The van der Waals surface area contributed by atoms with Crippen molar-refractivity contribution in [3.63, 3.8) is 0 Å². The quantitative estimate of drug-likeness (QED) is 0.756. The lowest BCUT2D eigenvalue weighted by Gasteiger charge is -2.22. The summed E-state index contributed by atoms with van der Waals surface area (Å²) >= 11 is 0. The van der Waals surface area contributed by atoms with Gasteiger partial charge in [0.25, 0.3) is 0 Å². The molecule has 0 amide bonds. The van der Waals surface area contributed by atoms with Crippen molar-refractivity contribution in [1.29, 1.82) is 0 Å². The van der Waals surface area contributed by atoms with Crippen LogP contribution in [0.3, 0.4) is 0 Å². The van der Waals surface area contributed by atoms with Crippen molar-refractivity contribution in [2.75, 3.05) is 5.32 Å². The van der Waals surface area contributed by atoms with Gasteiger partial charge in [0.1, 0.15) is 5.52 Å². The molecule has 0 aliphatic heterocycles. The van der Waals surface area contributed by atoms with Crippen molar-refractivity contribution in [2.24, 2.45) is 0 Å². The first kappa shape index (κ1) is 13.4. The number of nitrogens with one attached hydrogen (secondary N) is 1. The zero-order chi connectivity index (χ0) is 15.2. The Kier molecular flexibility index (Phi) is 2.83. The Hall–Kier alpha value is -2.63. The molecule has 0 unspecified atom stereocenters. The number of carboxylic acid groups (broad SMARTS) is 1. The molecular formula is C15H16N4O2. The molecule has 0 spiro atoms. The zero-order valence-electron chi connectivity index (χ0n) is 12.1. The maximum Gasteiger partial charge on any atom is 0.335 e. The third-order valence-electron chi connectivity index (χ3n) is 3.09. The highest BCUT2D eigenvalue weighted by Crippen LogP contribution is 2.24. The summed E-state index contributed by atoms with van der Waals surface area (Å²) in [7, 11) is 0. The van der Waals surface area contributed by atoms with Crippen LogP contribution in [0.4, 0.5) is 5.82 Å². The molecule has 2 aromatic heterocycles. The molecule has 3 rings (SSSR count). The molecule has 108 valence electrons. The number of aromatic nitrogens is 3. The van der Waals surface area contributed by atoms with E-state index in [0.29, 0.717) is 0 Å².